The Balaban J connectivity index is 1.40. The van der Waals surface area contributed by atoms with Crippen molar-refractivity contribution in [3.05, 3.63) is 90.5 Å². The molecule has 30 heavy (non-hydrogen) atoms. The Kier molecular flexibility index (Phi) is 4.99. The zero-order valence-electron chi connectivity index (χ0n) is 17.1. The van der Waals surface area contributed by atoms with Crippen molar-refractivity contribution in [3.8, 4) is 0 Å². The molecule has 3 aliphatic rings. The first-order chi connectivity index (χ1) is 14.8. The number of thioether (sulfide) groups is 1. The van der Waals surface area contributed by atoms with Gasteiger partial charge in [0.15, 0.2) is 0 Å². The Hall–Kier alpha value is -1.60. The molecule has 3 heteroatoms. The summed E-state index contributed by atoms with van der Waals surface area (Å²) in [4.78, 5) is 0. The maximum absolute atomic E-state index is 6.86. The van der Waals surface area contributed by atoms with Gasteiger partial charge in [-0.2, -0.15) is 0 Å². The summed E-state index contributed by atoms with van der Waals surface area (Å²) in [7, 11) is -0.606. The first-order valence-electron chi connectivity index (χ1n) is 11.1. The first kappa shape index (κ1) is 19.1. The predicted octanol–water partition coefficient (Wildman–Crippen LogP) is 5.77. The highest BCUT2D eigenvalue weighted by Crippen LogP contribution is 2.61. The van der Waals surface area contributed by atoms with Crippen molar-refractivity contribution in [1.29, 1.82) is 0 Å². The molecule has 2 saturated carbocycles. The fourth-order valence-electron chi connectivity index (χ4n) is 5.81. The van der Waals surface area contributed by atoms with E-state index in [1.807, 2.05) is 0 Å². The van der Waals surface area contributed by atoms with Crippen LogP contribution < -0.4 is 15.9 Å². The summed E-state index contributed by atoms with van der Waals surface area (Å²) in [6, 6.07) is 31.1. The topological polar surface area (TPSA) is 9.23 Å². The van der Waals surface area contributed by atoms with E-state index in [2.05, 4.69) is 96.7 Å². The van der Waals surface area contributed by atoms with Crippen molar-refractivity contribution >= 4 is 35.6 Å². The van der Waals surface area contributed by atoms with Gasteiger partial charge in [-0.3, -0.25) is 0 Å². The van der Waals surface area contributed by atoms with E-state index in [1.54, 1.807) is 0 Å². The molecule has 0 amide bonds. The van der Waals surface area contributed by atoms with Gasteiger partial charge in [0.1, 0.15) is 5.44 Å². The minimum absolute atomic E-state index is 0.161. The van der Waals surface area contributed by atoms with Gasteiger partial charge in [-0.05, 0) is 61.0 Å². The van der Waals surface area contributed by atoms with Crippen LogP contribution in [0.25, 0.3) is 0 Å². The molecule has 2 bridgehead atoms. The molecule has 3 aromatic carbocycles. The molecular formula is C27H27OPS. The molecule has 1 heterocycles. The van der Waals surface area contributed by atoms with E-state index >= 15 is 0 Å². The number of hydrogen-bond donors (Lipinski definition) is 0. The fourth-order valence-corrected chi connectivity index (χ4v) is 9.90. The van der Waals surface area contributed by atoms with E-state index in [0.29, 0.717) is 11.5 Å². The van der Waals surface area contributed by atoms with Crippen LogP contribution in [0, 0.1) is 11.3 Å². The van der Waals surface area contributed by atoms with Gasteiger partial charge in [0.2, 0.25) is 0 Å². The van der Waals surface area contributed by atoms with Gasteiger partial charge in [-0.25, -0.2) is 0 Å². The molecular weight excluding hydrogens is 403 g/mol. The Morgan fingerprint density at radius 1 is 0.833 bits per heavy atom. The van der Waals surface area contributed by atoms with Gasteiger partial charge in [-0.15, -0.1) is 11.8 Å². The maximum Gasteiger partial charge on any atom is 0.129 e. The molecule has 6 rings (SSSR count). The summed E-state index contributed by atoms with van der Waals surface area (Å²) in [5.41, 5.74) is 2.03. The lowest BCUT2D eigenvalue weighted by atomic mass is 9.83. The van der Waals surface area contributed by atoms with E-state index in [0.717, 1.165) is 5.92 Å². The zero-order chi connectivity index (χ0) is 20.0. The van der Waals surface area contributed by atoms with E-state index in [1.165, 1.54) is 52.9 Å². The zero-order valence-corrected chi connectivity index (χ0v) is 18.8. The molecule has 3 aromatic rings. The smallest absolute Gasteiger partial charge is 0.129 e. The average molecular weight is 431 g/mol. The molecule has 0 unspecified atom stereocenters. The van der Waals surface area contributed by atoms with Crippen LogP contribution in [0.1, 0.15) is 36.7 Å². The number of fused-ring (bicyclic) bond motifs is 1. The molecule has 2 aliphatic carbocycles. The van der Waals surface area contributed by atoms with Crippen molar-refractivity contribution in [2.45, 2.75) is 37.2 Å². The molecule has 0 radical (unpaired) electrons. The minimum atomic E-state index is -0.606. The fraction of sp³-hybridized carbons (Fsp3) is 0.333. The Labute approximate surface area is 185 Å². The second-order valence-corrected chi connectivity index (χ2v) is 12.3. The quantitative estimate of drug-likeness (QED) is 0.486. The highest BCUT2D eigenvalue weighted by Gasteiger charge is 2.55. The number of benzene rings is 3. The van der Waals surface area contributed by atoms with Crippen LogP contribution in [0.2, 0.25) is 0 Å². The van der Waals surface area contributed by atoms with Crippen LogP contribution in [0.5, 0.6) is 0 Å². The largest absolute Gasteiger partial charge is 0.359 e. The van der Waals surface area contributed by atoms with Crippen molar-refractivity contribution < 1.29 is 4.74 Å². The van der Waals surface area contributed by atoms with Crippen molar-refractivity contribution in [3.63, 3.8) is 0 Å². The minimum Gasteiger partial charge on any atom is -0.359 e. The normalized spacial score (nSPS) is 29.8. The Morgan fingerprint density at radius 3 is 2.20 bits per heavy atom. The lowest BCUT2D eigenvalue weighted by molar-refractivity contribution is -0.0454. The maximum atomic E-state index is 6.86. The van der Waals surface area contributed by atoms with Gasteiger partial charge in [-0.1, -0.05) is 84.9 Å². The van der Waals surface area contributed by atoms with E-state index in [4.69, 9.17) is 4.74 Å². The molecule has 152 valence electrons. The monoisotopic (exact) mass is 430 g/mol. The van der Waals surface area contributed by atoms with Crippen LogP contribution >= 0.6 is 19.7 Å². The van der Waals surface area contributed by atoms with Crippen LogP contribution in [-0.4, -0.2) is 11.9 Å². The van der Waals surface area contributed by atoms with E-state index < -0.39 is 7.92 Å². The van der Waals surface area contributed by atoms with Crippen LogP contribution in [0.3, 0.4) is 0 Å². The van der Waals surface area contributed by atoms with Gasteiger partial charge in [0.25, 0.3) is 0 Å². The average Bonchev–Trinajstić information content (AvgIpc) is 3.38. The van der Waals surface area contributed by atoms with Gasteiger partial charge in [0, 0.05) is 11.2 Å². The number of rotatable bonds is 4. The SMILES string of the molecule is c1ccc(P(c2ccccc2)c2ccccc2[C@H]2O[C@H]3C[C@H]4CC[C@]3(CS2)C4)cc1. The summed E-state index contributed by atoms with van der Waals surface area (Å²) in [6.07, 6.45) is 5.96. The van der Waals surface area contributed by atoms with E-state index in [9.17, 15) is 0 Å². The van der Waals surface area contributed by atoms with E-state index in [-0.39, 0.29) is 5.44 Å². The van der Waals surface area contributed by atoms with Gasteiger partial charge < -0.3 is 4.74 Å². The lowest BCUT2D eigenvalue weighted by Crippen LogP contribution is -2.40. The van der Waals surface area contributed by atoms with Crippen LogP contribution in [0.4, 0.5) is 0 Å². The highest BCUT2D eigenvalue weighted by atomic mass is 32.2. The molecule has 1 saturated heterocycles. The number of hydrogen-bond acceptors (Lipinski definition) is 2. The summed E-state index contributed by atoms with van der Waals surface area (Å²) < 4.78 is 6.86. The molecule has 1 nitrogen and oxygen atoms in total. The second-order valence-electron chi connectivity index (χ2n) is 9.04. The summed E-state index contributed by atoms with van der Waals surface area (Å²) in [6.45, 7) is 0. The first-order valence-corrected chi connectivity index (χ1v) is 13.5. The van der Waals surface area contributed by atoms with Gasteiger partial charge in [0.05, 0.1) is 6.10 Å². The van der Waals surface area contributed by atoms with Crippen molar-refractivity contribution in [2.24, 2.45) is 11.3 Å². The standard InChI is InChI=1S/C27H27OPS/c1-3-9-21(10-4-1)29(22-11-5-2-6-12-22)24-14-8-7-13-23(24)26-28-25-17-20-15-16-27(25,18-20)19-30-26/h1-14,20,25-26H,15-19H2/t20-,25+,26+,27-/m1/s1. The van der Waals surface area contributed by atoms with Crippen LogP contribution in [0.15, 0.2) is 84.9 Å². The van der Waals surface area contributed by atoms with Gasteiger partial charge >= 0.3 is 0 Å². The third-order valence-corrected chi connectivity index (χ3v) is 11.2. The number of ether oxygens (including phenoxy) is 1. The molecule has 0 aromatic heterocycles. The molecule has 0 N–H and O–H groups in total. The third kappa shape index (κ3) is 3.25. The summed E-state index contributed by atoms with van der Waals surface area (Å²) >= 11 is 2.05. The van der Waals surface area contributed by atoms with Crippen LogP contribution in [-0.2, 0) is 4.74 Å². The van der Waals surface area contributed by atoms with Crippen molar-refractivity contribution in [2.75, 3.05) is 5.75 Å². The molecule has 4 atom stereocenters. The molecule has 1 aliphatic heterocycles. The summed E-state index contributed by atoms with van der Waals surface area (Å²) in [5.74, 6) is 2.18. The third-order valence-electron chi connectivity index (χ3n) is 7.25. The summed E-state index contributed by atoms with van der Waals surface area (Å²) in [5, 5.41) is 4.26. The lowest BCUT2D eigenvalue weighted by Gasteiger charge is -2.43. The Morgan fingerprint density at radius 2 is 1.50 bits per heavy atom. The predicted molar refractivity (Wildman–Crippen MR) is 130 cm³/mol. The van der Waals surface area contributed by atoms with Crippen molar-refractivity contribution in [1.82, 2.24) is 0 Å². The molecule has 1 spiro atoms. The Bertz CT molecular complexity index is 984. The molecule has 3 fully saturated rings. The second kappa shape index (κ2) is 7.83. The highest BCUT2D eigenvalue weighted by molar-refractivity contribution is 7.99.